The van der Waals surface area contributed by atoms with Crippen LogP contribution in [-0.2, 0) is 4.79 Å². The third-order valence-corrected chi connectivity index (χ3v) is 4.50. The molecule has 0 aromatic heterocycles. The first kappa shape index (κ1) is 15.6. The van der Waals surface area contributed by atoms with Crippen molar-refractivity contribution < 1.29 is 4.79 Å². The monoisotopic (exact) mass is 314 g/mol. The summed E-state index contributed by atoms with van der Waals surface area (Å²) in [4.78, 5) is 14.2. The topological polar surface area (TPSA) is 46.3 Å². The van der Waals surface area contributed by atoms with Crippen molar-refractivity contribution in [3.8, 4) is 0 Å². The third kappa shape index (κ3) is 2.80. The molecule has 0 radical (unpaired) electrons. The second-order valence-electron chi connectivity index (χ2n) is 6.22. The van der Waals surface area contributed by atoms with E-state index in [0.29, 0.717) is 22.9 Å². The number of carbonyl (C=O) groups excluding carboxylic acids is 1. The van der Waals surface area contributed by atoms with E-state index in [2.05, 4.69) is 0 Å². The molecule has 1 aromatic rings. The molecule has 2 N–H and O–H groups in total. The van der Waals surface area contributed by atoms with Crippen molar-refractivity contribution in [3.05, 3.63) is 33.8 Å². The summed E-state index contributed by atoms with van der Waals surface area (Å²) in [6.45, 7) is 6.02. The lowest BCUT2D eigenvalue weighted by atomic mass is 9.86. The predicted molar refractivity (Wildman–Crippen MR) is 83.0 cm³/mol. The summed E-state index contributed by atoms with van der Waals surface area (Å²) in [5, 5.41) is 0.974. The minimum absolute atomic E-state index is 0.111. The number of halogens is 2. The Morgan fingerprint density at radius 1 is 1.30 bits per heavy atom. The Bertz CT molecular complexity index is 525. The summed E-state index contributed by atoms with van der Waals surface area (Å²) < 4.78 is 0. The van der Waals surface area contributed by atoms with Crippen molar-refractivity contribution in [2.45, 2.75) is 51.2 Å². The van der Waals surface area contributed by atoms with Crippen LogP contribution in [0.2, 0.25) is 10.0 Å². The molecule has 2 rings (SSSR count). The van der Waals surface area contributed by atoms with E-state index in [9.17, 15) is 4.79 Å². The fourth-order valence-electron chi connectivity index (χ4n) is 2.83. The maximum absolute atomic E-state index is 12.4. The third-order valence-electron chi connectivity index (χ3n) is 3.67. The van der Waals surface area contributed by atoms with Crippen molar-refractivity contribution in [1.29, 1.82) is 0 Å². The highest BCUT2D eigenvalue weighted by Gasteiger charge is 2.41. The van der Waals surface area contributed by atoms with Crippen LogP contribution < -0.4 is 5.73 Å². The molecule has 1 aromatic carbocycles. The maximum atomic E-state index is 12.4. The molecule has 2 unspecified atom stereocenters. The molecule has 20 heavy (non-hydrogen) atoms. The average Bonchev–Trinajstić information content (AvgIpc) is 2.34. The quantitative estimate of drug-likeness (QED) is 0.857. The maximum Gasteiger partial charge on any atom is 0.223 e. The highest BCUT2D eigenvalue weighted by atomic mass is 35.5. The number of hydrogen-bond donors (Lipinski definition) is 1. The minimum Gasteiger partial charge on any atom is -0.329 e. The second kappa shape index (κ2) is 5.55. The van der Waals surface area contributed by atoms with Crippen LogP contribution in [0.3, 0.4) is 0 Å². The Labute approximate surface area is 130 Å². The smallest absolute Gasteiger partial charge is 0.223 e. The molecule has 110 valence electrons. The molecule has 1 aliphatic heterocycles. The van der Waals surface area contributed by atoms with Gasteiger partial charge >= 0.3 is 0 Å². The van der Waals surface area contributed by atoms with Crippen molar-refractivity contribution >= 4 is 29.1 Å². The van der Waals surface area contributed by atoms with Gasteiger partial charge in [-0.25, -0.2) is 0 Å². The zero-order valence-corrected chi connectivity index (χ0v) is 13.5. The summed E-state index contributed by atoms with van der Waals surface area (Å²) in [5.74, 6) is 0.111. The molecule has 1 fully saturated rings. The van der Waals surface area contributed by atoms with Gasteiger partial charge in [-0.1, -0.05) is 35.3 Å². The van der Waals surface area contributed by atoms with Crippen LogP contribution in [0.4, 0.5) is 0 Å². The van der Waals surface area contributed by atoms with Crippen LogP contribution in [0.25, 0.3) is 0 Å². The number of nitrogens with two attached hydrogens (primary N) is 1. The van der Waals surface area contributed by atoms with E-state index >= 15 is 0 Å². The number of rotatable bonds is 1. The fourth-order valence-corrected chi connectivity index (χ4v) is 3.24. The van der Waals surface area contributed by atoms with E-state index in [0.717, 1.165) is 5.56 Å². The van der Waals surface area contributed by atoms with Crippen molar-refractivity contribution in [2.75, 3.05) is 0 Å². The lowest BCUT2D eigenvalue weighted by Gasteiger charge is -2.47. The summed E-state index contributed by atoms with van der Waals surface area (Å²) >= 11 is 12.4. The van der Waals surface area contributed by atoms with E-state index in [-0.39, 0.29) is 23.5 Å². The van der Waals surface area contributed by atoms with Gasteiger partial charge in [0.1, 0.15) is 0 Å². The van der Waals surface area contributed by atoms with Crippen LogP contribution in [0, 0.1) is 0 Å². The van der Waals surface area contributed by atoms with Crippen molar-refractivity contribution in [3.63, 3.8) is 0 Å². The lowest BCUT2D eigenvalue weighted by Crippen LogP contribution is -2.56. The summed E-state index contributed by atoms with van der Waals surface area (Å²) in [6.07, 6.45) is 1.14. The molecule has 5 heteroatoms. The van der Waals surface area contributed by atoms with Crippen LogP contribution in [0.1, 0.15) is 45.2 Å². The number of benzene rings is 1. The van der Waals surface area contributed by atoms with E-state index < -0.39 is 0 Å². The van der Waals surface area contributed by atoms with E-state index in [1.165, 1.54) is 0 Å². The van der Waals surface area contributed by atoms with Gasteiger partial charge in [0, 0.05) is 18.0 Å². The predicted octanol–water partition coefficient (Wildman–Crippen LogP) is 3.78. The first-order valence-electron chi connectivity index (χ1n) is 6.75. The SMILES string of the molecule is CC(C)(C)N1C(=O)CCC(N)C1c1cccc(Cl)c1Cl. The Kier molecular flexibility index (Phi) is 4.33. The second-order valence-corrected chi connectivity index (χ2v) is 7.01. The van der Waals surface area contributed by atoms with Crippen LogP contribution in [0.15, 0.2) is 18.2 Å². The standard InChI is InChI=1S/C15H20Cl2N2O/c1-15(2,3)19-12(20)8-7-11(18)14(19)9-5-4-6-10(16)13(9)17/h4-6,11,14H,7-8,18H2,1-3H3. The van der Waals surface area contributed by atoms with E-state index in [1.807, 2.05) is 37.8 Å². The van der Waals surface area contributed by atoms with Crippen LogP contribution in [-0.4, -0.2) is 22.4 Å². The van der Waals surface area contributed by atoms with Gasteiger partial charge in [0.15, 0.2) is 0 Å². The van der Waals surface area contributed by atoms with Gasteiger partial charge < -0.3 is 10.6 Å². The number of likely N-dealkylation sites (tertiary alicyclic amines) is 1. The van der Waals surface area contributed by atoms with E-state index in [4.69, 9.17) is 28.9 Å². The highest BCUT2D eigenvalue weighted by molar-refractivity contribution is 6.42. The first-order chi connectivity index (χ1) is 9.23. The zero-order chi connectivity index (χ0) is 15.1. The molecule has 2 atom stereocenters. The summed E-state index contributed by atoms with van der Waals surface area (Å²) in [7, 11) is 0. The molecular formula is C15H20Cl2N2O. The summed E-state index contributed by atoms with van der Waals surface area (Å²) in [6, 6.07) is 5.11. The number of amides is 1. The van der Waals surface area contributed by atoms with Crippen LogP contribution >= 0.6 is 23.2 Å². The number of nitrogens with zero attached hydrogens (tertiary/aromatic N) is 1. The average molecular weight is 315 g/mol. The molecule has 1 saturated heterocycles. The Balaban J connectivity index is 2.54. The van der Waals surface area contributed by atoms with Crippen molar-refractivity contribution in [1.82, 2.24) is 4.90 Å². The van der Waals surface area contributed by atoms with Crippen molar-refractivity contribution in [2.24, 2.45) is 5.73 Å². The van der Waals surface area contributed by atoms with Gasteiger partial charge in [0.05, 0.1) is 16.1 Å². The molecule has 0 aliphatic carbocycles. The van der Waals surface area contributed by atoms with Gasteiger partial charge in [-0.15, -0.1) is 0 Å². The van der Waals surface area contributed by atoms with Crippen LogP contribution in [0.5, 0.6) is 0 Å². The lowest BCUT2D eigenvalue weighted by molar-refractivity contribution is -0.144. The molecule has 3 nitrogen and oxygen atoms in total. The minimum atomic E-state index is -0.314. The molecular weight excluding hydrogens is 295 g/mol. The zero-order valence-electron chi connectivity index (χ0n) is 12.0. The van der Waals surface area contributed by atoms with Gasteiger partial charge in [-0.3, -0.25) is 4.79 Å². The number of hydrogen-bond acceptors (Lipinski definition) is 2. The van der Waals surface area contributed by atoms with Gasteiger partial charge in [-0.05, 0) is 38.8 Å². The number of piperidine rings is 1. The molecule has 0 bridgehead atoms. The molecule has 1 amide bonds. The van der Waals surface area contributed by atoms with Gasteiger partial charge in [-0.2, -0.15) is 0 Å². The van der Waals surface area contributed by atoms with Gasteiger partial charge in [0.2, 0.25) is 5.91 Å². The molecule has 0 spiro atoms. The Morgan fingerprint density at radius 3 is 2.55 bits per heavy atom. The largest absolute Gasteiger partial charge is 0.329 e. The summed E-state index contributed by atoms with van der Waals surface area (Å²) in [5.41, 5.74) is 6.80. The number of carbonyl (C=O) groups is 1. The van der Waals surface area contributed by atoms with E-state index in [1.54, 1.807) is 6.07 Å². The normalized spacial score (nSPS) is 24.1. The first-order valence-corrected chi connectivity index (χ1v) is 7.50. The van der Waals surface area contributed by atoms with Gasteiger partial charge in [0.25, 0.3) is 0 Å². The Morgan fingerprint density at radius 2 is 1.95 bits per heavy atom. The molecule has 1 heterocycles. The Hall–Kier alpha value is -0.770. The molecule has 1 aliphatic rings. The fraction of sp³-hybridized carbons (Fsp3) is 0.533. The molecule has 0 saturated carbocycles. The highest BCUT2D eigenvalue weighted by Crippen LogP contribution is 2.40.